The third-order valence-corrected chi connectivity index (χ3v) is 4.87. The minimum absolute atomic E-state index is 0.00954. The van der Waals surface area contributed by atoms with Gasteiger partial charge in [0.1, 0.15) is 11.6 Å². The maximum Gasteiger partial charge on any atom is 0.225 e. The molecular formula is C20H17Cl2FN6. The number of nitrogen functional groups attached to an aromatic ring is 1. The van der Waals surface area contributed by atoms with Gasteiger partial charge < -0.3 is 11.1 Å². The highest BCUT2D eigenvalue weighted by molar-refractivity contribution is 6.32. The van der Waals surface area contributed by atoms with Gasteiger partial charge in [-0.3, -0.25) is 0 Å². The van der Waals surface area contributed by atoms with Gasteiger partial charge in [-0.2, -0.15) is 4.98 Å². The number of para-hydroxylation sites is 1. The number of anilines is 2. The van der Waals surface area contributed by atoms with E-state index in [-0.39, 0.29) is 11.1 Å². The van der Waals surface area contributed by atoms with E-state index in [1.54, 1.807) is 18.2 Å². The second kappa shape index (κ2) is 7.50. The summed E-state index contributed by atoms with van der Waals surface area (Å²) < 4.78 is 15.2. The Bertz CT molecular complexity index is 1220. The van der Waals surface area contributed by atoms with Crippen molar-refractivity contribution in [1.29, 1.82) is 0 Å². The molecule has 4 aromatic rings. The number of hydrogen-bond donors (Lipinski definition) is 2. The first-order chi connectivity index (χ1) is 13.8. The molecule has 9 heteroatoms. The Morgan fingerprint density at radius 1 is 1.07 bits per heavy atom. The third kappa shape index (κ3) is 3.59. The van der Waals surface area contributed by atoms with Crippen LogP contribution in [0.5, 0.6) is 0 Å². The third-order valence-electron chi connectivity index (χ3n) is 4.26. The summed E-state index contributed by atoms with van der Waals surface area (Å²) in [5, 5.41) is 8.73. The van der Waals surface area contributed by atoms with Gasteiger partial charge in [-0.15, -0.1) is 5.10 Å². The molecule has 2 heterocycles. The summed E-state index contributed by atoms with van der Waals surface area (Å²) in [5.74, 6) is 0.187. The van der Waals surface area contributed by atoms with E-state index in [2.05, 4.69) is 20.4 Å². The molecular weight excluding hydrogens is 414 g/mol. The highest BCUT2D eigenvalue weighted by Gasteiger charge is 2.21. The molecule has 29 heavy (non-hydrogen) atoms. The Hall–Kier alpha value is -2.90. The highest BCUT2D eigenvalue weighted by Crippen LogP contribution is 2.35. The number of nitrogens with zero attached hydrogens (tertiary/aromatic N) is 4. The van der Waals surface area contributed by atoms with E-state index in [9.17, 15) is 4.39 Å². The average molecular weight is 431 g/mol. The lowest BCUT2D eigenvalue weighted by Crippen LogP contribution is -2.13. The smallest absolute Gasteiger partial charge is 0.225 e. The van der Waals surface area contributed by atoms with Crippen molar-refractivity contribution in [2.45, 2.75) is 19.9 Å². The summed E-state index contributed by atoms with van der Waals surface area (Å²) in [6.45, 7) is 3.94. The highest BCUT2D eigenvalue weighted by atomic mass is 35.5. The van der Waals surface area contributed by atoms with Crippen molar-refractivity contribution < 1.29 is 4.39 Å². The van der Waals surface area contributed by atoms with Crippen LogP contribution < -0.4 is 11.1 Å². The van der Waals surface area contributed by atoms with E-state index in [1.807, 2.05) is 26.0 Å². The summed E-state index contributed by atoms with van der Waals surface area (Å²) in [5.41, 5.74) is 8.53. The van der Waals surface area contributed by atoms with Crippen LogP contribution in [0.1, 0.15) is 13.8 Å². The van der Waals surface area contributed by atoms with Crippen LogP contribution in [-0.4, -0.2) is 25.8 Å². The maximum atomic E-state index is 13.7. The first-order valence-electron chi connectivity index (χ1n) is 8.88. The minimum Gasteiger partial charge on any atom is -0.383 e. The molecule has 4 rings (SSSR count). The fourth-order valence-electron chi connectivity index (χ4n) is 2.99. The van der Waals surface area contributed by atoms with Crippen molar-refractivity contribution in [2.24, 2.45) is 0 Å². The number of halogens is 3. The number of aromatic nitrogens is 4. The average Bonchev–Trinajstić information content (AvgIpc) is 2.99. The molecule has 0 atom stereocenters. The van der Waals surface area contributed by atoms with E-state index in [4.69, 9.17) is 28.9 Å². The SMILES string of the molecule is CC(C)Nc1nc(-c2ccc(F)c(Cl)c2)c2c(N)n(-c3ccccc3Cl)nc2n1. The lowest BCUT2D eigenvalue weighted by atomic mass is 10.1. The first-order valence-corrected chi connectivity index (χ1v) is 9.64. The van der Waals surface area contributed by atoms with E-state index in [1.165, 1.54) is 16.8 Å². The lowest BCUT2D eigenvalue weighted by molar-refractivity contribution is 0.628. The van der Waals surface area contributed by atoms with Gasteiger partial charge in [0.15, 0.2) is 5.65 Å². The van der Waals surface area contributed by atoms with Crippen LogP contribution in [0.2, 0.25) is 10.0 Å². The normalized spacial score (nSPS) is 11.4. The molecule has 0 radical (unpaired) electrons. The maximum absolute atomic E-state index is 13.7. The molecule has 0 amide bonds. The van der Waals surface area contributed by atoms with Gasteiger partial charge in [-0.25, -0.2) is 14.1 Å². The number of fused-ring (bicyclic) bond motifs is 1. The first kappa shape index (κ1) is 19.4. The summed E-state index contributed by atoms with van der Waals surface area (Å²) in [4.78, 5) is 9.10. The summed E-state index contributed by atoms with van der Waals surface area (Å²) in [6, 6.07) is 11.7. The van der Waals surface area contributed by atoms with Gasteiger partial charge in [-0.1, -0.05) is 35.3 Å². The van der Waals surface area contributed by atoms with Crippen molar-refractivity contribution in [3.05, 3.63) is 58.3 Å². The van der Waals surface area contributed by atoms with Crippen LogP contribution in [0, 0.1) is 5.82 Å². The van der Waals surface area contributed by atoms with Crippen molar-refractivity contribution in [2.75, 3.05) is 11.1 Å². The summed E-state index contributed by atoms with van der Waals surface area (Å²) in [7, 11) is 0. The molecule has 2 aromatic carbocycles. The van der Waals surface area contributed by atoms with Gasteiger partial charge in [0.25, 0.3) is 0 Å². The van der Waals surface area contributed by atoms with Crippen LogP contribution in [0.4, 0.5) is 16.2 Å². The Morgan fingerprint density at radius 3 is 2.52 bits per heavy atom. The zero-order chi connectivity index (χ0) is 20.7. The predicted octanol–water partition coefficient (Wildman–Crippen LogP) is 5.33. The molecule has 0 spiro atoms. The summed E-state index contributed by atoms with van der Waals surface area (Å²) in [6.07, 6.45) is 0. The van der Waals surface area contributed by atoms with E-state index in [0.717, 1.165) is 0 Å². The van der Waals surface area contributed by atoms with Crippen LogP contribution in [0.3, 0.4) is 0 Å². The minimum atomic E-state index is -0.513. The lowest BCUT2D eigenvalue weighted by Gasteiger charge is -2.11. The molecule has 2 aromatic heterocycles. The van der Waals surface area contributed by atoms with Crippen LogP contribution in [0.15, 0.2) is 42.5 Å². The Balaban J connectivity index is 2.02. The van der Waals surface area contributed by atoms with Crippen molar-refractivity contribution in [1.82, 2.24) is 19.7 Å². The van der Waals surface area contributed by atoms with Crippen LogP contribution >= 0.6 is 23.2 Å². The molecule has 0 fully saturated rings. The van der Waals surface area contributed by atoms with Crippen LogP contribution in [0.25, 0.3) is 28.0 Å². The van der Waals surface area contributed by atoms with Gasteiger partial charge in [0, 0.05) is 11.6 Å². The number of nitrogens with two attached hydrogens (primary N) is 1. The fourth-order valence-corrected chi connectivity index (χ4v) is 3.39. The Labute approximate surface area is 176 Å². The van der Waals surface area contributed by atoms with Crippen LogP contribution in [-0.2, 0) is 0 Å². The molecule has 0 unspecified atom stereocenters. The molecule has 0 bridgehead atoms. The number of rotatable bonds is 4. The van der Waals surface area contributed by atoms with Crippen molar-refractivity contribution >= 4 is 46.0 Å². The molecule has 6 nitrogen and oxygen atoms in total. The van der Waals surface area contributed by atoms with E-state index < -0.39 is 5.82 Å². The quantitative estimate of drug-likeness (QED) is 0.457. The molecule has 3 N–H and O–H groups in total. The zero-order valence-corrected chi connectivity index (χ0v) is 17.1. The molecule has 0 aliphatic heterocycles. The van der Waals surface area contributed by atoms with Gasteiger partial charge >= 0.3 is 0 Å². The van der Waals surface area contributed by atoms with Crippen molar-refractivity contribution in [3.63, 3.8) is 0 Å². The zero-order valence-electron chi connectivity index (χ0n) is 15.6. The largest absolute Gasteiger partial charge is 0.383 e. The van der Waals surface area contributed by atoms with Gasteiger partial charge in [0.2, 0.25) is 5.95 Å². The standard InChI is InChI=1S/C20H17Cl2FN6/c1-10(2)25-20-26-17(11-7-8-14(23)13(22)9-11)16-18(24)29(28-19(16)27-20)15-6-4-3-5-12(15)21/h3-10H,24H2,1-2H3,(H,25,27,28). The molecule has 0 aliphatic carbocycles. The second-order valence-electron chi connectivity index (χ2n) is 6.77. The monoisotopic (exact) mass is 430 g/mol. The van der Waals surface area contributed by atoms with Gasteiger partial charge in [-0.05, 0) is 44.2 Å². The fraction of sp³-hybridized carbons (Fsp3) is 0.150. The number of nitrogens with one attached hydrogen (secondary N) is 1. The molecule has 148 valence electrons. The molecule has 0 saturated heterocycles. The number of hydrogen-bond acceptors (Lipinski definition) is 5. The molecule has 0 saturated carbocycles. The van der Waals surface area contributed by atoms with Gasteiger partial charge in [0.05, 0.1) is 26.8 Å². The Morgan fingerprint density at radius 2 is 1.83 bits per heavy atom. The summed E-state index contributed by atoms with van der Waals surface area (Å²) >= 11 is 12.3. The predicted molar refractivity (Wildman–Crippen MR) is 115 cm³/mol. The molecule has 0 aliphatic rings. The van der Waals surface area contributed by atoms with E-state index in [0.29, 0.717) is 44.8 Å². The second-order valence-corrected chi connectivity index (χ2v) is 7.59. The van der Waals surface area contributed by atoms with E-state index >= 15 is 0 Å². The topological polar surface area (TPSA) is 81.6 Å². The number of benzene rings is 2. The van der Waals surface area contributed by atoms with Crippen molar-refractivity contribution in [3.8, 4) is 16.9 Å². The Kier molecular flexibility index (Phi) is 5.02.